The maximum absolute atomic E-state index is 11.8. The molecule has 0 unspecified atom stereocenters. The summed E-state index contributed by atoms with van der Waals surface area (Å²) in [5.74, 6) is -0.0770. The van der Waals surface area contributed by atoms with Gasteiger partial charge in [0, 0.05) is 28.7 Å². The van der Waals surface area contributed by atoms with Crippen LogP contribution >= 0.6 is 22.9 Å². The summed E-state index contributed by atoms with van der Waals surface area (Å²) in [6.45, 7) is 4.64. The van der Waals surface area contributed by atoms with Crippen molar-refractivity contribution >= 4 is 34.9 Å². The van der Waals surface area contributed by atoms with E-state index in [0.29, 0.717) is 11.6 Å². The molecule has 0 saturated carbocycles. The van der Waals surface area contributed by atoms with Crippen LogP contribution in [0.25, 0.3) is 6.08 Å². The summed E-state index contributed by atoms with van der Waals surface area (Å²) < 4.78 is 0. The average molecular weight is 349 g/mol. The Balaban J connectivity index is 1.66. The molecule has 2 aromatic rings. The van der Waals surface area contributed by atoms with Crippen molar-refractivity contribution in [3.8, 4) is 0 Å². The van der Waals surface area contributed by atoms with Crippen molar-refractivity contribution in [3.05, 3.63) is 56.5 Å². The largest absolute Gasteiger partial charge is 0.353 e. The highest BCUT2D eigenvalue weighted by Crippen LogP contribution is 2.17. The van der Waals surface area contributed by atoms with Crippen LogP contribution in [0.4, 0.5) is 0 Å². The van der Waals surface area contributed by atoms with E-state index in [1.807, 2.05) is 32.0 Å². The summed E-state index contributed by atoms with van der Waals surface area (Å²) in [7, 11) is 0. The zero-order chi connectivity index (χ0) is 16.7. The van der Waals surface area contributed by atoms with E-state index in [4.69, 9.17) is 11.6 Å². The number of thiazole rings is 1. The molecule has 0 saturated heterocycles. The van der Waals surface area contributed by atoms with E-state index in [1.54, 1.807) is 23.5 Å². The Kier molecular flexibility index (Phi) is 6.81. The fourth-order valence-electron chi connectivity index (χ4n) is 2.07. The van der Waals surface area contributed by atoms with Crippen molar-refractivity contribution in [2.24, 2.45) is 0 Å². The number of carbonyl (C=O) groups is 1. The number of nitrogens with one attached hydrogen (secondary N) is 1. The van der Waals surface area contributed by atoms with Gasteiger partial charge in [-0.1, -0.05) is 23.7 Å². The Labute approximate surface area is 146 Å². The molecule has 1 amide bonds. The summed E-state index contributed by atoms with van der Waals surface area (Å²) in [4.78, 5) is 16.2. The van der Waals surface area contributed by atoms with Gasteiger partial charge < -0.3 is 5.32 Å². The first kappa shape index (κ1) is 17.7. The van der Waals surface area contributed by atoms with Crippen molar-refractivity contribution in [1.82, 2.24) is 10.3 Å². The molecule has 3 nitrogen and oxygen atoms in total. The zero-order valence-corrected chi connectivity index (χ0v) is 15.0. The molecule has 122 valence electrons. The van der Waals surface area contributed by atoms with Gasteiger partial charge in [0.2, 0.25) is 5.91 Å². The molecule has 5 heteroatoms. The molecule has 23 heavy (non-hydrogen) atoms. The van der Waals surface area contributed by atoms with Gasteiger partial charge in [0.1, 0.15) is 0 Å². The molecule has 0 atom stereocenters. The van der Waals surface area contributed by atoms with Crippen LogP contribution in [0.5, 0.6) is 0 Å². The topological polar surface area (TPSA) is 42.0 Å². The number of amides is 1. The number of hydrogen-bond donors (Lipinski definition) is 1. The average Bonchev–Trinajstić information content (AvgIpc) is 2.93. The minimum Gasteiger partial charge on any atom is -0.353 e. The van der Waals surface area contributed by atoms with Gasteiger partial charge in [0.05, 0.1) is 5.01 Å². The fraction of sp³-hybridized carbons (Fsp3) is 0.333. The molecule has 0 bridgehead atoms. The van der Waals surface area contributed by atoms with Gasteiger partial charge in [0.15, 0.2) is 0 Å². The molecule has 1 aromatic carbocycles. The summed E-state index contributed by atoms with van der Waals surface area (Å²) in [5, 5.41) is 6.85. The van der Waals surface area contributed by atoms with E-state index in [1.165, 1.54) is 5.01 Å². The Morgan fingerprint density at radius 2 is 2.17 bits per heavy atom. The summed E-state index contributed by atoms with van der Waals surface area (Å²) in [5.41, 5.74) is 3.04. The first-order valence-electron chi connectivity index (χ1n) is 7.67. The number of halogens is 1. The van der Waals surface area contributed by atoms with Crippen LogP contribution in [-0.2, 0) is 11.2 Å². The van der Waals surface area contributed by atoms with E-state index in [2.05, 4.69) is 15.7 Å². The van der Waals surface area contributed by atoms with Gasteiger partial charge >= 0.3 is 0 Å². The lowest BCUT2D eigenvalue weighted by molar-refractivity contribution is -0.116. The normalized spacial score (nSPS) is 11.1. The van der Waals surface area contributed by atoms with Crippen molar-refractivity contribution in [3.63, 3.8) is 0 Å². The third-order valence-corrected chi connectivity index (χ3v) is 4.84. The van der Waals surface area contributed by atoms with Crippen LogP contribution in [0.3, 0.4) is 0 Å². The Hall–Kier alpha value is -1.65. The third kappa shape index (κ3) is 6.16. The first-order chi connectivity index (χ1) is 11.0. The standard InChI is InChI=1S/C18H21ClN2OS/c1-13-6-7-15(11-16(13)19)8-9-17(22)20-10-4-3-5-18-21-14(2)12-23-18/h6-9,11-12H,3-5,10H2,1-2H3,(H,20,22)/b9-8+. The Morgan fingerprint density at radius 3 is 2.87 bits per heavy atom. The van der Waals surface area contributed by atoms with Crippen molar-refractivity contribution in [2.45, 2.75) is 33.1 Å². The highest BCUT2D eigenvalue weighted by atomic mass is 35.5. The lowest BCUT2D eigenvalue weighted by atomic mass is 10.1. The van der Waals surface area contributed by atoms with E-state index in [9.17, 15) is 4.79 Å². The molecule has 0 radical (unpaired) electrons. The van der Waals surface area contributed by atoms with Crippen molar-refractivity contribution in [2.75, 3.05) is 6.54 Å². The number of hydrogen-bond acceptors (Lipinski definition) is 3. The molecule has 2 rings (SSSR count). The number of aryl methyl sites for hydroxylation is 3. The fourth-order valence-corrected chi connectivity index (χ4v) is 3.08. The van der Waals surface area contributed by atoms with Crippen molar-refractivity contribution in [1.29, 1.82) is 0 Å². The SMILES string of the molecule is Cc1csc(CCCCNC(=O)/C=C/c2ccc(C)c(Cl)c2)n1. The van der Waals surface area contributed by atoms with Gasteiger partial charge in [-0.25, -0.2) is 4.98 Å². The minimum absolute atomic E-state index is 0.0770. The van der Waals surface area contributed by atoms with Gasteiger partial charge in [-0.3, -0.25) is 4.79 Å². The van der Waals surface area contributed by atoms with E-state index >= 15 is 0 Å². The molecule has 0 aliphatic heterocycles. The van der Waals surface area contributed by atoms with Crippen molar-refractivity contribution < 1.29 is 4.79 Å². The van der Waals surface area contributed by atoms with E-state index in [0.717, 1.165) is 36.1 Å². The predicted octanol–water partition coefficient (Wildman–Crippen LogP) is 4.57. The maximum atomic E-state index is 11.8. The van der Waals surface area contributed by atoms with Gasteiger partial charge in [-0.05, 0) is 56.4 Å². The van der Waals surface area contributed by atoms with Crippen LogP contribution in [0.2, 0.25) is 5.02 Å². The molecular formula is C18H21ClN2OS. The van der Waals surface area contributed by atoms with E-state index in [-0.39, 0.29) is 5.91 Å². The molecule has 0 aliphatic carbocycles. The van der Waals surface area contributed by atoms with Crippen LogP contribution in [-0.4, -0.2) is 17.4 Å². The molecular weight excluding hydrogens is 328 g/mol. The highest BCUT2D eigenvalue weighted by Gasteiger charge is 2.00. The quantitative estimate of drug-likeness (QED) is 0.588. The summed E-state index contributed by atoms with van der Waals surface area (Å²) in [6, 6.07) is 5.75. The Bertz CT molecular complexity index is 694. The molecule has 0 spiro atoms. The molecule has 0 fully saturated rings. The second kappa shape index (κ2) is 8.85. The first-order valence-corrected chi connectivity index (χ1v) is 8.93. The number of carbonyl (C=O) groups excluding carboxylic acids is 1. The zero-order valence-electron chi connectivity index (χ0n) is 13.4. The maximum Gasteiger partial charge on any atom is 0.243 e. The highest BCUT2D eigenvalue weighted by molar-refractivity contribution is 7.09. The Morgan fingerprint density at radius 1 is 1.35 bits per heavy atom. The minimum atomic E-state index is -0.0770. The smallest absolute Gasteiger partial charge is 0.243 e. The lowest BCUT2D eigenvalue weighted by Gasteiger charge is -2.02. The summed E-state index contributed by atoms with van der Waals surface area (Å²) >= 11 is 7.76. The van der Waals surface area contributed by atoms with E-state index < -0.39 is 0 Å². The molecule has 1 aromatic heterocycles. The second-order valence-corrected chi connectivity index (χ2v) is 6.82. The lowest BCUT2D eigenvalue weighted by Crippen LogP contribution is -2.22. The van der Waals surface area contributed by atoms with Crippen LogP contribution in [0.15, 0.2) is 29.7 Å². The number of aromatic nitrogens is 1. The van der Waals surface area contributed by atoms with Crippen LogP contribution < -0.4 is 5.32 Å². The van der Waals surface area contributed by atoms with Crippen LogP contribution in [0, 0.1) is 13.8 Å². The van der Waals surface area contributed by atoms with Gasteiger partial charge in [0.25, 0.3) is 0 Å². The number of unbranched alkanes of at least 4 members (excludes halogenated alkanes) is 1. The van der Waals surface area contributed by atoms with Crippen LogP contribution in [0.1, 0.15) is 34.7 Å². The third-order valence-electron chi connectivity index (χ3n) is 3.41. The number of nitrogens with zero attached hydrogens (tertiary/aromatic N) is 1. The van der Waals surface area contributed by atoms with Gasteiger partial charge in [-0.15, -0.1) is 11.3 Å². The molecule has 1 N–H and O–H groups in total. The molecule has 1 heterocycles. The summed E-state index contributed by atoms with van der Waals surface area (Å²) in [6.07, 6.45) is 6.29. The predicted molar refractivity (Wildman–Crippen MR) is 98.0 cm³/mol. The monoisotopic (exact) mass is 348 g/mol. The molecule has 0 aliphatic rings. The van der Waals surface area contributed by atoms with Gasteiger partial charge in [-0.2, -0.15) is 0 Å². The number of benzene rings is 1. The second-order valence-electron chi connectivity index (χ2n) is 5.47. The number of rotatable bonds is 7.